The number of phenols is 1. The normalized spacial score (nSPS) is 17.8. The summed E-state index contributed by atoms with van der Waals surface area (Å²) >= 11 is 0. The topological polar surface area (TPSA) is 45.5 Å². The lowest BCUT2D eigenvalue weighted by Crippen LogP contribution is -2.29. The molecule has 1 fully saturated rings. The van der Waals surface area contributed by atoms with Crippen LogP contribution < -0.4 is 0 Å². The van der Waals surface area contributed by atoms with E-state index in [4.69, 9.17) is 0 Å². The molecule has 134 valence electrons. The molecule has 0 spiro atoms. The number of phenolic OH excluding ortho intramolecular Hbond substituents is 1. The highest BCUT2D eigenvalue weighted by Gasteiger charge is 2.25. The fourth-order valence-corrected chi connectivity index (χ4v) is 4.13. The molecule has 0 saturated carbocycles. The SMILES string of the molecule is Cc1c(C(=O)c2ccc(O)cc2)c2ccccc2n1CC1CCCN1C. The van der Waals surface area contributed by atoms with Gasteiger partial charge < -0.3 is 14.6 Å². The van der Waals surface area contributed by atoms with Crippen LogP contribution >= 0.6 is 0 Å². The van der Waals surface area contributed by atoms with E-state index >= 15 is 0 Å². The number of carbonyl (C=O) groups excluding carboxylic acids is 1. The largest absolute Gasteiger partial charge is 0.508 e. The zero-order chi connectivity index (χ0) is 18.3. The quantitative estimate of drug-likeness (QED) is 0.726. The zero-order valence-electron chi connectivity index (χ0n) is 15.3. The molecule has 0 bridgehead atoms. The lowest BCUT2D eigenvalue weighted by atomic mass is 10.0. The van der Waals surface area contributed by atoms with Crippen molar-refractivity contribution in [3.8, 4) is 5.75 Å². The van der Waals surface area contributed by atoms with Gasteiger partial charge in [0, 0.05) is 34.7 Å². The highest BCUT2D eigenvalue weighted by atomic mass is 16.3. The van der Waals surface area contributed by atoms with E-state index in [0.29, 0.717) is 11.6 Å². The Hall–Kier alpha value is -2.59. The van der Waals surface area contributed by atoms with Gasteiger partial charge in [-0.05, 0) is 63.7 Å². The molecule has 2 aromatic carbocycles. The van der Waals surface area contributed by atoms with Crippen LogP contribution in [0.3, 0.4) is 0 Å². The summed E-state index contributed by atoms with van der Waals surface area (Å²) in [4.78, 5) is 15.6. The first kappa shape index (κ1) is 16.9. The molecule has 1 aromatic heterocycles. The zero-order valence-corrected chi connectivity index (χ0v) is 15.3. The summed E-state index contributed by atoms with van der Waals surface area (Å²) < 4.78 is 2.30. The number of aromatic nitrogens is 1. The van der Waals surface area contributed by atoms with Crippen LogP contribution in [0.1, 0.15) is 34.5 Å². The first-order valence-electron chi connectivity index (χ1n) is 9.18. The first-order valence-corrected chi connectivity index (χ1v) is 9.18. The van der Waals surface area contributed by atoms with Crippen molar-refractivity contribution in [1.29, 1.82) is 0 Å². The Morgan fingerprint density at radius 3 is 2.58 bits per heavy atom. The molecule has 4 nitrogen and oxygen atoms in total. The average molecular weight is 348 g/mol. The monoisotopic (exact) mass is 348 g/mol. The Balaban J connectivity index is 1.81. The van der Waals surface area contributed by atoms with Crippen molar-refractivity contribution in [2.45, 2.75) is 32.4 Å². The molecule has 1 aliphatic heterocycles. The van der Waals surface area contributed by atoms with Crippen molar-refractivity contribution in [2.75, 3.05) is 13.6 Å². The van der Waals surface area contributed by atoms with Gasteiger partial charge in [-0.1, -0.05) is 18.2 Å². The van der Waals surface area contributed by atoms with E-state index in [2.05, 4.69) is 22.6 Å². The number of ketones is 1. The third-order valence-corrected chi connectivity index (χ3v) is 5.65. The van der Waals surface area contributed by atoms with E-state index in [1.165, 1.54) is 12.8 Å². The number of hydrogen-bond acceptors (Lipinski definition) is 3. The van der Waals surface area contributed by atoms with E-state index < -0.39 is 0 Å². The number of likely N-dealkylation sites (N-methyl/N-ethyl adjacent to an activating group) is 1. The van der Waals surface area contributed by atoms with Gasteiger partial charge in [-0.25, -0.2) is 0 Å². The fraction of sp³-hybridized carbons (Fsp3) is 0.318. The standard InChI is InChI=1S/C22H24N2O2/c1-15-21(22(26)16-9-11-18(25)12-10-16)19-7-3-4-8-20(19)24(15)14-17-6-5-13-23(17)2/h3-4,7-12,17,25H,5-6,13-14H2,1-2H3. The smallest absolute Gasteiger partial charge is 0.195 e. The molecule has 1 unspecified atom stereocenters. The molecule has 2 heterocycles. The van der Waals surface area contributed by atoms with Crippen LogP contribution in [-0.4, -0.2) is 40.0 Å². The number of aromatic hydroxyl groups is 1. The summed E-state index contributed by atoms with van der Waals surface area (Å²) in [6, 6.07) is 15.2. The molecule has 1 aliphatic rings. The molecule has 3 aromatic rings. The second kappa shape index (κ2) is 6.61. The van der Waals surface area contributed by atoms with Gasteiger partial charge in [0.25, 0.3) is 0 Å². The first-order chi connectivity index (χ1) is 12.6. The molecular formula is C22H24N2O2. The third-order valence-electron chi connectivity index (χ3n) is 5.65. The predicted octanol–water partition coefficient (Wildman–Crippen LogP) is 3.98. The van der Waals surface area contributed by atoms with Crippen molar-refractivity contribution in [3.05, 3.63) is 65.4 Å². The molecule has 26 heavy (non-hydrogen) atoms. The highest BCUT2D eigenvalue weighted by molar-refractivity contribution is 6.17. The van der Waals surface area contributed by atoms with Crippen LogP contribution in [0.5, 0.6) is 5.75 Å². The van der Waals surface area contributed by atoms with Gasteiger partial charge in [-0.15, -0.1) is 0 Å². The van der Waals surface area contributed by atoms with Gasteiger partial charge in [0.05, 0.1) is 5.56 Å². The number of para-hydroxylation sites is 1. The molecular weight excluding hydrogens is 324 g/mol. The average Bonchev–Trinajstić information content (AvgIpc) is 3.17. The third kappa shape index (κ3) is 2.80. The summed E-state index contributed by atoms with van der Waals surface area (Å²) in [7, 11) is 2.18. The maximum Gasteiger partial charge on any atom is 0.195 e. The lowest BCUT2D eigenvalue weighted by molar-refractivity contribution is 0.103. The minimum atomic E-state index is 0.0113. The van der Waals surface area contributed by atoms with Crippen molar-refractivity contribution in [2.24, 2.45) is 0 Å². The van der Waals surface area contributed by atoms with E-state index in [1.807, 2.05) is 25.1 Å². The number of rotatable bonds is 4. The van der Waals surface area contributed by atoms with Gasteiger partial charge in [0.15, 0.2) is 5.78 Å². The number of hydrogen-bond donors (Lipinski definition) is 1. The van der Waals surface area contributed by atoms with Crippen LogP contribution in [0, 0.1) is 6.92 Å². The second-order valence-corrected chi connectivity index (χ2v) is 7.24. The Labute approximate surface area is 153 Å². The van der Waals surface area contributed by atoms with Gasteiger partial charge in [0.2, 0.25) is 0 Å². The molecule has 0 amide bonds. The molecule has 4 heteroatoms. The van der Waals surface area contributed by atoms with Crippen molar-refractivity contribution in [1.82, 2.24) is 9.47 Å². The Kier molecular flexibility index (Phi) is 4.29. The molecule has 1 N–H and O–H groups in total. The summed E-state index contributed by atoms with van der Waals surface area (Å²) in [5.41, 5.74) is 3.51. The predicted molar refractivity (Wildman–Crippen MR) is 104 cm³/mol. The number of benzene rings is 2. The fourth-order valence-electron chi connectivity index (χ4n) is 4.13. The summed E-state index contributed by atoms with van der Waals surface area (Å²) in [6.45, 7) is 4.09. The van der Waals surface area contributed by atoms with E-state index in [-0.39, 0.29) is 11.5 Å². The van der Waals surface area contributed by atoms with Gasteiger partial charge >= 0.3 is 0 Å². The van der Waals surface area contributed by atoms with Gasteiger partial charge in [0.1, 0.15) is 5.75 Å². The number of fused-ring (bicyclic) bond motifs is 1. The van der Waals surface area contributed by atoms with Crippen LogP contribution in [-0.2, 0) is 6.54 Å². The molecule has 1 saturated heterocycles. The second-order valence-electron chi connectivity index (χ2n) is 7.24. The van der Waals surface area contributed by atoms with Crippen LogP contribution in [0.25, 0.3) is 10.9 Å². The Morgan fingerprint density at radius 1 is 1.15 bits per heavy atom. The maximum absolute atomic E-state index is 13.2. The van der Waals surface area contributed by atoms with E-state index in [9.17, 15) is 9.90 Å². The van der Waals surface area contributed by atoms with Crippen LogP contribution in [0.2, 0.25) is 0 Å². The van der Waals surface area contributed by atoms with Gasteiger partial charge in [-0.2, -0.15) is 0 Å². The molecule has 1 atom stereocenters. The van der Waals surface area contributed by atoms with Crippen molar-refractivity contribution < 1.29 is 9.90 Å². The maximum atomic E-state index is 13.2. The van der Waals surface area contributed by atoms with Crippen molar-refractivity contribution >= 4 is 16.7 Å². The van der Waals surface area contributed by atoms with E-state index in [0.717, 1.165) is 35.2 Å². The summed E-state index contributed by atoms with van der Waals surface area (Å²) in [5, 5.41) is 10.5. The van der Waals surface area contributed by atoms with Gasteiger partial charge in [-0.3, -0.25) is 4.79 Å². The number of likely N-dealkylation sites (tertiary alicyclic amines) is 1. The number of nitrogens with zero attached hydrogens (tertiary/aromatic N) is 2. The lowest BCUT2D eigenvalue weighted by Gasteiger charge is -2.21. The van der Waals surface area contributed by atoms with Crippen LogP contribution in [0.15, 0.2) is 48.5 Å². The van der Waals surface area contributed by atoms with Crippen molar-refractivity contribution in [3.63, 3.8) is 0 Å². The summed E-state index contributed by atoms with van der Waals surface area (Å²) in [6.07, 6.45) is 2.43. The van der Waals surface area contributed by atoms with E-state index in [1.54, 1.807) is 24.3 Å². The molecule has 0 aliphatic carbocycles. The highest BCUT2D eigenvalue weighted by Crippen LogP contribution is 2.30. The minimum absolute atomic E-state index is 0.0113. The minimum Gasteiger partial charge on any atom is -0.508 e. The van der Waals surface area contributed by atoms with Crippen LogP contribution in [0.4, 0.5) is 0 Å². The Morgan fingerprint density at radius 2 is 1.88 bits per heavy atom. The Bertz CT molecular complexity index is 956. The molecule has 4 rings (SSSR count). The molecule has 0 radical (unpaired) electrons. The summed E-state index contributed by atoms with van der Waals surface area (Å²) in [5.74, 6) is 0.183. The number of carbonyl (C=O) groups is 1.